The predicted molar refractivity (Wildman–Crippen MR) is 57.9 cm³/mol. The molecule has 1 saturated heterocycles. The number of carbonyl (C=O) groups is 1. The molecule has 1 unspecified atom stereocenters. The predicted octanol–water partition coefficient (Wildman–Crippen LogP) is 1.59. The van der Waals surface area contributed by atoms with E-state index in [0.717, 1.165) is 13.0 Å². The third-order valence-corrected chi connectivity index (χ3v) is 2.78. The van der Waals surface area contributed by atoms with Crippen molar-refractivity contribution >= 4 is 11.9 Å². The molecule has 16 heavy (non-hydrogen) atoms. The average molecular weight is 225 g/mol. The molecule has 1 N–H and O–H groups in total. The van der Waals surface area contributed by atoms with E-state index < -0.39 is 5.97 Å². The SMILES string of the molecule is CCC1COCCN1c1ccc(C(=O)O)o1. The van der Waals surface area contributed by atoms with Crippen LogP contribution in [0.2, 0.25) is 0 Å². The largest absolute Gasteiger partial charge is 0.475 e. The summed E-state index contributed by atoms with van der Waals surface area (Å²) in [6, 6.07) is 3.46. The summed E-state index contributed by atoms with van der Waals surface area (Å²) in [5, 5.41) is 8.78. The standard InChI is InChI=1S/C11H15NO4/c1-2-8-7-15-6-5-12(8)10-4-3-9(16-10)11(13)14/h3-4,8H,2,5-7H2,1H3,(H,13,14). The molecule has 0 aliphatic carbocycles. The Morgan fingerprint density at radius 3 is 3.06 bits per heavy atom. The van der Waals surface area contributed by atoms with E-state index in [1.165, 1.54) is 6.07 Å². The maximum Gasteiger partial charge on any atom is 0.371 e. The van der Waals surface area contributed by atoms with Crippen LogP contribution in [0.15, 0.2) is 16.5 Å². The van der Waals surface area contributed by atoms with Crippen LogP contribution in [0.25, 0.3) is 0 Å². The number of nitrogens with zero attached hydrogens (tertiary/aromatic N) is 1. The number of aromatic carboxylic acids is 1. The van der Waals surface area contributed by atoms with Gasteiger partial charge in [0.1, 0.15) is 0 Å². The van der Waals surface area contributed by atoms with Crippen LogP contribution in [0.3, 0.4) is 0 Å². The molecule has 1 atom stereocenters. The van der Waals surface area contributed by atoms with Gasteiger partial charge in [-0.1, -0.05) is 6.92 Å². The Bertz CT molecular complexity index is 374. The Morgan fingerprint density at radius 2 is 2.44 bits per heavy atom. The highest BCUT2D eigenvalue weighted by Crippen LogP contribution is 2.23. The number of rotatable bonds is 3. The third kappa shape index (κ3) is 2.04. The molecule has 0 bridgehead atoms. The van der Waals surface area contributed by atoms with Crippen LogP contribution in [0, 0.1) is 0 Å². The molecule has 5 heteroatoms. The first-order valence-corrected chi connectivity index (χ1v) is 5.40. The molecule has 1 fully saturated rings. The number of carboxylic acid groups (broad SMARTS) is 1. The van der Waals surface area contributed by atoms with Gasteiger partial charge in [-0.25, -0.2) is 4.79 Å². The lowest BCUT2D eigenvalue weighted by Crippen LogP contribution is -2.45. The van der Waals surface area contributed by atoms with Crippen LogP contribution in [0.5, 0.6) is 0 Å². The van der Waals surface area contributed by atoms with Crippen LogP contribution in [-0.2, 0) is 4.74 Å². The molecular formula is C11H15NO4. The minimum absolute atomic E-state index is 0.0173. The molecular weight excluding hydrogens is 210 g/mol. The van der Waals surface area contributed by atoms with Crippen molar-refractivity contribution in [2.45, 2.75) is 19.4 Å². The number of morpholine rings is 1. The van der Waals surface area contributed by atoms with Gasteiger partial charge in [0.15, 0.2) is 5.88 Å². The second kappa shape index (κ2) is 4.57. The van der Waals surface area contributed by atoms with Gasteiger partial charge in [0.05, 0.1) is 19.3 Å². The van der Waals surface area contributed by atoms with Crippen molar-refractivity contribution in [1.82, 2.24) is 0 Å². The van der Waals surface area contributed by atoms with Gasteiger partial charge in [-0.2, -0.15) is 0 Å². The lowest BCUT2D eigenvalue weighted by atomic mass is 10.2. The minimum atomic E-state index is -1.03. The molecule has 1 aromatic rings. The smallest absolute Gasteiger partial charge is 0.371 e. The maximum absolute atomic E-state index is 10.7. The fraction of sp³-hybridized carbons (Fsp3) is 0.545. The molecule has 88 valence electrons. The molecule has 2 rings (SSSR count). The molecule has 2 heterocycles. The number of ether oxygens (including phenoxy) is 1. The van der Waals surface area contributed by atoms with Crippen LogP contribution in [-0.4, -0.2) is 36.9 Å². The van der Waals surface area contributed by atoms with Crippen molar-refractivity contribution < 1.29 is 19.1 Å². The number of furan rings is 1. The van der Waals surface area contributed by atoms with Gasteiger partial charge >= 0.3 is 5.97 Å². The second-order valence-electron chi connectivity index (χ2n) is 3.77. The van der Waals surface area contributed by atoms with Gasteiger partial charge in [0.2, 0.25) is 5.76 Å². The van der Waals surface area contributed by atoms with Crippen molar-refractivity contribution in [2.24, 2.45) is 0 Å². The summed E-state index contributed by atoms with van der Waals surface area (Å²) in [5.74, 6) is -0.434. The molecule has 5 nitrogen and oxygen atoms in total. The fourth-order valence-electron chi connectivity index (χ4n) is 1.88. The zero-order chi connectivity index (χ0) is 11.5. The Labute approximate surface area is 93.6 Å². The second-order valence-corrected chi connectivity index (χ2v) is 3.77. The summed E-state index contributed by atoms with van der Waals surface area (Å²) < 4.78 is 10.7. The molecule has 0 saturated carbocycles. The summed E-state index contributed by atoms with van der Waals surface area (Å²) in [5.41, 5.74) is 0. The lowest BCUT2D eigenvalue weighted by Gasteiger charge is -2.34. The molecule has 0 spiro atoms. The van der Waals surface area contributed by atoms with E-state index in [1.807, 2.05) is 0 Å². The Morgan fingerprint density at radius 1 is 1.62 bits per heavy atom. The lowest BCUT2D eigenvalue weighted by molar-refractivity contribution is 0.0659. The topological polar surface area (TPSA) is 62.9 Å². The van der Waals surface area contributed by atoms with Crippen molar-refractivity contribution in [1.29, 1.82) is 0 Å². The number of hydrogen-bond donors (Lipinski definition) is 1. The van der Waals surface area contributed by atoms with E-state index in [2.05, 4.69) is 11.8 Å². The highest BCUT2D eigenvalue weighted by molar-refractivity contribution is 5.84. The molecule has 1 aromatic heterocycles. The number of anilines is 1. The van der Waals surface area contributed by atoms with Crippen LogP contribution in [0.4, 0.5) is 5.88 Å². The van der Waals surface area contributed by atoms with E-state index in [1.54, 1.807) is 6.07 Å². The Hall–Kier alpha value is -1.49. The fourth-order valence-corrected chi connectivity index (χ4v) is 1.88. The van der Waals surface area contributed by atoms with Crippen molar-refractivity contribution in [3.63, 3.8) is 0 Å². The first kappa shape index (κ1) is 11.0. The zero-order valence-corrected chi connectivity index (χ0v) is 9.18. The van der Waals surface area contributed by atoms with Gasteiger partial charge in [-0.05, 0) is 12.5 Å². The summed E-state index contributed by atoms with van der Waals surface area (Å²) in [6.07, 6.45) is 0.948. The van der Waals surface area contributed by atoms with Crippen LogP contribution < -0.4 is 4.90 Å². The van der Waals surface area contributed by atoms with Crippen molar-refractivity contribution in [3.8, 4) is 0 Å². The number of carboxylic acids is 1. The Kier molecular flexibility index (Phi) is 3.14. The van der Waals surface area contributed by atoms with E-state index in [4.69, 9.17) is 14.3 Å². The van der Waals surface area contributed by atoms with E-state index in [-0.39, 0.29) is 11.8 Å². The highest BCUT2D eigenvalue weighted by atomic mass is 16.5. The maximum atomic E-state index is 10.7. The zero-order valence-electron chi connectivity index (χ0n) is 9.18. The van der Waals surface area contributed by atoms with Crippen molar-refractivity contribution in [2.75, 3.05) is 24.7 Å². The summed E-state index contributed by atoms with van der Waals surface area (Å²) in [4.78, 5) is 12.8. The van der Waals surface area contributed by atoms with Crippen molar-refractivity contribution in [3.05, 3.63) is 17.9 Å². The minimum Gasteiger partial charge on any atom is -0.475 e. The molecule has 0 amide bonds. The summed E-state index contributed by atoms with van der Waals surface area (Å²) >= 11 is 0. The monoisotopic (exact) mass is 225 g/mol. The molecule has 1 aliphatic heterocycles. The first-order chi connectivity index (χ1) is 7.72. The van der Waals surface area contributed by atoms with Gasteiger partial charge in [0.25, 0.3) is 0 Å². The first-order valence-electron chi connectivity index (χ1n) is 5.40. The van der Waals surface area contributed by atoms with Gasteiger partial charge in [0, 0.05) is 12.6 Å². The van der Waals surface area contributed by atoms with Crippen LogP contribution >= 0.6 is 0 Å². The normalized spacial score (nSPS) is 21.1. The highest BCUT2D eigenvalue weighted by Gasteiger charge is 2.24. The molecule has 0 radical (unpaired) electrons. The quantitative estimate of drug-likeness (QED) is 0.846. The average Bonchev–Trinajstić information content (AvgIpc) is 2.78. The van der Waals surface area contributed by atoms with Crippen LogP contribution in [0.1, 0.15) is 23.9 Å². The third-order valence-electron chi connectivity index (χ3n) is 2.78. The number of hydrogen-bond acceptors (Lipinski definition) is 4. The molecule has 1 aliphatic rings. The van der Waals surface area contributed by atoms with E-state index in [9.17, 15) is 4.79 Å². The van der Waals surface area contributed by atoms with E-state index in [0.29, 0.717) is 19.1 Å². The Balaban J connectivity index is 2.17. The van der Waals surface area contributed by atoms with E-state index >= 15 is 0 Å². The van der Waals surface area contributed by atoms with Gasteiger partial charge in [-0.15, -0.1) is 0 Å². The van der Waals surface area contributed by atoms with Gasteiger partial charge < -0.3 is 19.2 Å². The summed E-state index contributed by atoms with van der Waals surface area (Å²) in [7, 11) is 0. The molecule has 0 aromatic carbocycles. The van der Waals surface area contributed by atoms with Gasteiger partial charge in [-0.3, -0.25) is 0 Å². The summed E-state index contributed by atoms with van der Waals surface area (Å²) in [6.45, 7) is 4.14.